The number of aromatic nitrogens is 2. The first-order valence-corrected chi connectivity index (χ1v) is 12.2. The first-order chi connectivity index (χ1) is 15.5. The number of halogens is 2. The molecule has 1 aromatic heterocycles. The minimum absolute atomic E-state index is 0.0564. The Morgan fingerprint density at radius 3 is 2.73 bits per heavy atom. The van der Waals surface area contributed by atoms with Crippen LogP contribution in [-0.4, -0.2) is 54.9 Å². The molecule has 2 aromatic rings. The Bertz CT molecular complexity index is 1050. The van der Waals surface area contributed by atoms with E-state index in [0.717, 1.165) is 29.5 Å². The zero-order valence-electron chi connectivity index (χ0n) is 19.0. The summed E-state index contributed by atoms with van der Waals surface area (Å²) in [6.07, 6.45) is 2.28. The van der Waals surface area contributed by atoms with Crippen molar-refractivity contribution in [1.29, 1.82) is 0 Å². The van der Waals surface area contributed by atoms with Gasteiger partial charge in [0.15, 0.2) is 0 Å². The van der Waals surface area contributed by atoms with Gasteiger partial charge in [0, 0.05) is 42.7 Å². The third-order valence-corrected chi connectivity index (χ3v) is 6.40. The molecule has 0 spiro atoms. The number of nitrogens with zero attached hydrogens (tertiary/aromatic N) is 3. The van der Waals surface area contributed by atoms with Crippen molar-refractivity contribution in [2.75, 3.05) is 12.9 Å². The second-order valence-corrected chi connectivity index (χ2v) is 10.6. The first-order valence-electron chi connectivity index (χ1n) is 10.7. The van der Waals surface area contributed by atoms with E-state index >= 15 is 0 Å². The number of ether oxygens (including phenoxy) is 2. The molecule has 33 heavy (non-hydrogen) atoms. The molecule has 4 atom stereocenters. The fraction of sp³-hybridized carbons (Fsp3) is 0.545. The molecular formula is C22H28F2N4O4S. The molecule has 1 N–H and O–H groups in total. The lowest BCUT2D eigenvalue weighted by atomic mass is 9.92. The summed E-state index contributed by atoms with van der Waals surface area (Å²) in [6, 6.07) is 2.48. The summed E-state index contributed by atoms with van der Waals surface area (Å²) in [4.78, 5) is 14.7. The number of alkyl carbamates (subject to hydrolysis) is 1. The van der Waals surface area contributed by atoms with Crippen LogP contribution in [0.1, 0.15) is 50.1 Å². The molecule has 3 heterocycles. The normalized spacial score (nSPS) is 24.4. The Balaban J connectivity index is 1.52. The summed E-state index contributed by atoms with van der Waals surface area (Å²) < 4.78 is 52.9. The zero-order chi connectivity index (χ0) is 23.9. The minimum atomic E-state index is -1.22. The number of carbonyl (C=O) groups excluding carboxylic acids is 1. The van der Waals surface area contributed by atoms with Gasteiger partial charge >= 0.3 is 6.09 Å². The van der Waals surface area contributed by atoms with E-state index in [1.54, 1.807) is 33.2 Å². The number of hydrogen-bond donors (Lipinski definition) is 1. The largest absolute Gasteiger partial charge is 0.444 e. The van der Waals surface area contributed by atoms with Crippen molar-refractivity contribution in [2.45, 2.75) is 64.1 Å². The molecule has 0 bridgehead atoms. The van der Waals surface area contributed by atoms with Crippen LogP contribution in [0, 0.1) is 11.6 Å². The van der Waals surface area contributed by atoms with E-state index in [2.05, 4.69) is 15.3 Å². The van der Waals surface area contributed by atoms with Gasteiger partial charge in [-0.15, -0.1) is 0 Å². The van der Waals surface area contributed by atoms with E-state index in [-0.39, 0.29) is 18.2 Å². The van der Waals surface area contributed by atoms with Crippen LogP contribution < -0.4 is 5.32 Å². The number of rotatable bonds is 4. The van der Waals surface area contributed by atoms with Crippen molar-refractivity contribution in [1.82, 2.24) is 19.4 Å². The third-order valence-electron chi connectivity index (χ3n) is 5.69. The smallest absolute Gasteiger partial charge is 0.407 e. The van der Waals surface area contributed by atoms with Crippen molar-refractivity contribution in [3.05, 3.63) is 52.9 Å². The summed E-state index contributed by atoms with van der Waals surface area (Å²) in [5, 5.41) is 7.18. The fourth-order valence-electron chi connectivity index (χ4n) is 4.24. The maximum Gasteiger partial charge on any atom is 0.407 e. The van der Waals surface area contributed by atoms with Gasteiger partial charge in [0.1, 0.15) is 34.3 Å². The molecule has 1 aromatic carbocycles. The molecule has 2 unspecified atom stereocenters. The van der Waals surface area contributed by atoms with Gasteiger partial charge in [-0.2, -0.15) is 9.19 Å². The molecule has 1 fully saturated rings. The number of carbonyl (C=O) groups is 1. The van der Waals surface area contributed by atoms with E-state index in [1.807, 2.05) is 0 Å². The van der Waals surface area contributed by atoms with Crippen LogP contribution >= 0.6 is 0 Å². The van der Waals surface area contributed by atoms with E-state index in [0.29, 0.717) is 19.5 Å². The van der Waals surface area contributed by atoms with Crippen LogP contribution in [0.15, 0.2) is 24.4 Å². The molecule has 0 radical (unpaired) electrons. The Morgan fingerprint density at radius 1 is 1.30 bits per heavy atom. The number of hydrogen-bond acceptors (Lipinski definition) is 6. The van der Waals surface area contributed by atoms with Gasteiger partial charge < -0.3 is 14.8 Å². The molecule has 1 amide bonds. The third kappa shape index (κ3) is 5.42. The van der Waals surface area contributed by atoms with E-state index in [1.165, 1.54) is 4.09 Å². The highest BCUT2D eigenvalue weighted by molar-refractivity contribution is 7.82. The average molecular weight is 483 g/mol. The lowest BCUT2D eigenvalue weighted by molar-refractivity contribution is -0.0629. The standard InChI is InChI=1S/C22H28F2N4O4S/c1-22(2,3)32-21(29)25-18-8-15(12-31-20(18)16-7-14(23)5-6-17(16)24)27-9-13-10-28(33(4)30)26-19(13)11-27/h5-7,10,15,18,20H,8-9,11-12H2,1-4H3,(H,25,29)/t15-,18?,20-,33?/m1/s1. The van der Waals surface area contributed by atoms with Gasteiger partial charge in [0.2, 0.25) is 0 Å². The maximum atomic E-state index is 14.5. The van der Waals surface area contributed by atoms with Crippen LogP contribution in [0.4, 0.5) is 13.6 Å². The highest BCUT2D eigenvalue weighted by atomic mass is 32.2. The molecule has 180 valence electrons. The van der Waals surface area contributed by atoms with E-state index in [9.17, 15) is 17.8 Å². The first kappa shape index (κ1) is 23.8. The molecular weight excluding hydrogens is 454 g/mol. The van der Waals surface area contributed by atoms with Crippen molar-refractivity contribution < 1.29 is 27.3 Å². The molecule has 0 aliphatic carbocycles. The number of amides is 1. The average Bonchev–Trinajstić information content (AvgIpc) is 3.28. The number of benzene rings is 1. The highest BCUT2D eigenvalue weighted by Gasteiger charge is 2.40. The lowest BCUT2D eigenvalue weighted by Gasteiger charge is -2.40. The van der Waals surface area contributed by atoms with Gasteiger partial charge in [-0.3, -0.25) is 4.90 Å². The van der Waals surface area contributed by atoms with E-state index in [4.69, 9.17) is 9.47 Å². The van der Waals surface area contributed by atoms with Crippen LogP contribution in [0.25, 0.3) is 0 Å². The second kappa shape index (κ2) is 9.11. The maximum absolute atomic E-state index is 14.5. The summed E-state index contributed by atoms with van der Waals surface area (Å²) in [5.74, 6) is -1.18. The minimum Gasteiger partial charge on any atom is -0.444 e. The lowest BCUT2D eigenvalue weighted by Crippen LogP contribution is -2.52. The predicted octanol–water partition coefficient (Wildman–Crippen LogP) is 3.04. The Labute approximate surface area is 193 Å². The molecule has 8 nitrogen and oxygen atoms in total. The van der Waals surface area contributed by atoms with Gasteiger partial charge in [-0.05, 0) is 45.4 Å². The number of nitrogens with one attached hydrogen (secondary N) is 1. The molecule has 11 heteroatoms. The van der Waals surface area contributed by atoms with Crippen LogP contribution in [-0.2, 0) is 33.5 Å². The summed E-state index contributed by atoms with van der Waals surface area (Å²) in [7, 11) is -1.22. The quantitative estimate of drug-likeness (QED) is 0.721. The topological polar surface area (TPSA) is 85.7 Å². The van der Waals surface area contributed by atoms with Crippen molar-refractivity contribution >= 4 is 17.1 Å². The van der Waals surface area contributed by atoms with Gasteiger partial charge in [-0.1, -0.05) is 0 Å². The van der Waals surface area contributed by atoms with Gasteiger partial charge in [0.25, 0.3) is 0 Å². The van der Waals surface area contributed by atoms with Gasteiger partial charge in [0.05, 0.1) is 18.3 Å². The van der Waals surface area contributed by atoms with Crippen LogP contribution in [0.3, 0.4) is 0 Å². The summed E-state index contributed by atoms with van der Waals surface area (Å²) in [6.45, 7) is 6.67. The monoisotopic (exact) mass is 482 g/mol. The van der Waals surface area contributed by atoms with Gasteiger partial charge in [-0.25, -0.2) is 17.8 Å². The highest BCUT2D eigenvalue weighted by Crippen LogP contribution is 2.35. The van der Waals surface area contributed by atoms with Crippen molar-refractivity contribution in [3.8, 4) is 0 Å². The van der Waals surface area contributed by atoms with Crippen LogP contribution in [0.5, 0.6) is 0 Å². The number of fused-ring (bicyclic) bond motifs is 1. The van der Waals surface area contributed by atoms with Crippen molar-refractivity contribution in [2.24, 2.45) is 0 Å². The summed E-state index contributed by atoms with van der Waals surface area (Å²) >= 11 is 0. The molecule has 2 aliphatic heterocycles. The molecule has 1 saturated heterocycles. The Morgan fingerprint density at radius 2 is 2.06 bits per heavy atom. The molecule has 2 aliphatic rings. The zero-order valence-corrected chi connectivity index (χ0v) is 19.8. The molecule has 4 rings (SSSR count). The predicted molar refractivity (Wildman–Crippen MR) is 118 cm³/mol. The Kier molecular flexibility index (Phi) is 6.56. The Hall–Kier alpha value is -2.37. The summed E-state index contributed by atoms with van der Waals surface area (Å²) in [5.41, 5.74) is 1.18. The van der Waals surface area contributed by atoms with E-state index < -0.39 is 46.5 Å². The SMILES string of the molecule is CS(=O)n1cc2c(n1)CN([C@H]1CO[C@H](c3cc(F)ccc3F)C(NC(=O)OC(C)(C)C)C1)C2. The molecule has 0 saturated carbocycles. The second-order valence-electron chi connectivity index (χ2n) is 9.39. The van der Waals surface area contributed by atoms with Crippen LogP contribution in [0.2, 0.25) is 0 Å². The van der Waals surface area contributed by atoms with Crippen molar-refractivity contribution in [3.63, 3.8) is 0 Å². The fourth-order valence-corrected chi connectivity index (χ4v) is 4.73.